The molecule has 1 saturated heterocycles. The molecule has 0 radical (unpaired) electrons. The monoisotopic (exact) mass is 426 g/mol. The molecule has 150 valence electrons. The van der Waals surface area contributed by atoms with E-state index in [1.54, 1.807) is 24.3 Å². The summed E-state index contributed by atoms with van der Waals surface area (Å²) in [5.74, 6) is -0.638. The van der Waals surface area contributed by atoms with Crippen LogP contribution in [0, 0.1) is 5.82 Å². The number of ether oxygens (including phenoxy) is 1. The van der Waals surface area contributed by atoms with Crippen molar-refractivity contribution in [1.82, 2.24) is 9.62 Å². The molecular weight excluding hydrogens is 407 g/mol. The van der Waals surface area contributed by atoms with Crippen molar-refractivity contribution in [3.63, 3.8) is 0 Å². The number of hydrogen-bond acceptors (Lipinski definition) is 4. The van der Waals surface area contributed by atoms with Gasteiger partial charge in [-0.3, -0.25) is 4.79 Å². The summed E-state index contributed by atoms with van der Waals surface area (Å²) >= 11 is 5.66. The molecule has 1 heterocycles. The molecule has 3 rings (SSSR count). The summed E-state index contributed by atoms with van der Waals surface area (Å²) in [5.41, 5.74) is 0.763. The van der Waals surface area contributed by atoms with Crippen LogP contribution in [0.15, 0.2) is 47.4 Å². The lowest BCUT2D eigenvalue weighted by molar-refractivity contribution is -0.123. The smallest absolute Gasteiger partial charge is 0.258 e. The second-order valence-corrected chi connectivity index (χ2v) is 8.74. The van der Waals surface area contributed by atoms with Gasteiger partial charge in [0, 0.05) is 25.7 Å². The Balaban J connectivity index is 1.50. The number of halogens is 2. The fourth-order valence-electron chi connectivity index (χ4n) is 2.82. The Kier molecular flexibility index (Phi) is 6.53. The second-order valence-electron chi connectivity index (χ2n) is 6.40. The molecule has 1 aliphatic rings. The summed E-state index contributed by atoms with van der Waals surface area (Å²) in [6.45, 7) is 1.10. The van der Waals surface area contributed by atoms with Crippen LogP contribution in [-0.4, -0.2) is 38.3 Å². The molecule has 6 nitrogen and oxygen atoms in total. The molecular formula is C19H20ClFN2O4S. The molecule has 1 fully saturated rings. The Morgan fingerprint density at radius 1 is 1.14 bits per heavy atom. The molecule has 2 aromatic rings. The number of sulfonamides is 1. The van der Waals surface area contributed by atoms with Crippen molar-refractivity contribution in [3.8, 4) is 5.75 Å². The van der Waals surface area contributed by atoms with E-state index in [0.29, 0.717) is 13.1 Å². The number of benzene rings is 2. The third-order valence-corrected chi connectivity index (χ3v) is 6.58. The summed E-state index contributed by atoms with van der Waals surface area (Å²) in [6, 6.07) is 10.3. The summed E-state index contributed by atoms with van der Waals surface area (Å²) in [7, 11) is -3.44. The molecule has 0 unspecified atom stereocenters. The first-order chi connectivity index (χ1) is 13.4. The summed E-state index contributed by atoms with van der Waals surface area (Å²) in [5, 5.41) is 2.60. The molecule has 0 saturated carbocycles. The maximum absolute atomic E-state index is 13.1. The largest absolute Gasteiger partial charge is 0.484 e. The van der Waals surface area contributed by atoms with Crippen molar-refractivity contribution in [2.24, 2.45) is 0 Å². The molecule has 0 aliphatic carbocycles. The maximum atomic E-state index is 13.1. The fourth-order valence-corrected chi connectivity index (χ4v) is 4.51. The lowest BCUT2D eigenvalue weighted by Gasteiger charge is -2.15. The Morgan fingerprint density at radius 2 is 1.82 bits per heavy atom. The first-order valence-corrected chi connectivity index (χ1v) is 10.6. The topological polar surface area (TPSA) is 75.7 Å². The minimum Gasteiger partial charge on any atom is -0.484 e. The Labute approximate surface area is 168 Å². The van der Waals surface area contributed by atoms with E-state index in [-0.39, 0.29) is 34.7 Å². The Bertz CT molecular complexity index is 945. The van der Waals surface area contributed by atoms with E-state index < -0.39 is 15.8 Å². The zero-order chi connectivity index (χ0) is 20.1. The van der Waals surface area contributed by atoms with Crippen molar-refractivity contribution in [2.45, 2.75) is 24.3 Å². The van der Waals surface area contributed by atoms with Gasteiger partial charge in [0.1, 0.15) is 11.6 Å². The van der Waals surface area contributed by atoms with E-state index >= 15 is 0 Å². The van der Waals surface area contributed by atoms with E-state index in [1.807, 2.05) is 0 Å². The van der Waals surface area contributed by atoms with E-state index in [1.165, 1.54) is 16.4 Å². The van der Waals surface area contributed by atoms with Gasteiger partial charge in [-0.15, -0.1) is 0 Å². The predicted octanol–water partition coefficient (Wildman–Crippen LogP) is 2.96. The molecule has 2 aromatic carbocycles. The van der Waals surface area contributed by atoms with Crippen LogP contribution in [0.3, 0.4) is 0 Å². The first-order valence-electron chi connectivity index (χ1n) is 8.80. The molecule has 1 aliphatic heterocycles. The molecule has 9 heteroatoms. The standard InChI is InChI=1S/C19H20ClFN2O4S/c20-17-11-15(5-8-18(17)21)27-13-19(24)22-12-14-3-6-16(7-4-14)28(25,26)23-9-1-2-10-23/h3-8,11H,1-2,9-10,12-13H2,(H,22,24). The van der Waals surface area contributed by atoms with Gasteiger partial charge in [0.15, 0.2) is 6.61 Å². The van der Waals surface area contributed by atoms with Gasteiger partial charge in [-0.1, -0.05) is 23.7 Å². The van der Waals surface area contributed by atoms with E-state index in [2.05, 4.69) is 5.32 Å². The maximum Gasteiger partial charge on any atom is 0.258 e. The van der Waals surface area contributed by atoms with Crippen LogP contribution in [0.4, 0.5) is 4.39 Å². The minimum atomic E-state index is -3.44. The third kappa shape index (κ3) is 5.01. The normalized spacial score (nSPS) is 14.8. The molecule has 0 spiro atoms. The molecule has 0 bridgehead atoms. The van der Waals surface area contributed by atoms with Crippen molar-refractivity contribution < 1.29 is 22.3 Å². The number of rotatable bonds is 7. The number of amides is 1. The highest BCUT2D eigenvalue weighted by Gasteiger charge is 2.26. The van der Waals surface area contributed by atoms with Crippen LogP contribution in [0.25, 0.3) is 0 Å². The van der Waals surface area contributed by atoms with Gasteiger partial charge in [0.05, 0.1) is 9.92 Å². The SMILES string of the molecule is O=C(COc1ccc(F)c(Cl)c1)NCc1ccc(S(=O)(=O)N2CCCC2)cc1. The average Bonchev–Trinajstić information content (AvgIpc) is 3.23. The highest BCUT2D eigenvalue weighted by Crippen LogP contribution is 2.22. The van der Waals surface area contributed by atoms with Gasteiger partial charge in [-0.05, 0) is 42.7 Å². The number of carbonyl (C=O) groups is 1. The van der Waals surface area contributed by atoms with Crippen LogP contribution >= 0.6 is 11.6 Å². The highest BCUT2D eigenvalue weighted by atomic mass is 35.5. The summed E-state index contributed by atoms with van der Waals surface area (Å²) in [6.07, 6.45) is 1.77. The van der Waals surface area contributed by atoms with E-state index in [0.717, 1.165) is 24.5 Å². The van der Waals surface area contributed by atoms with Gasteiger partial charge in [-0.2, -0.15) is 4.31 Å². The Hall–Kier alpha value is -2.16. The van der Waals surface area contributed by atoms with Crippen LogP contribution in [0.1, 0.15) is 18.4 Å². The van der Waals surface area contributed by atoms with Crippen molar-refractivity contribution in [1.29, 1.82) is 0 Å². The molecule has 0 aromatic heterocycles. The van der Waals surface area contributed by atoms with E-state index in [9.17, 15) is 17.6 Å². The second kappa shape index (κ2) is 8.89. The molecule has 1 amide bonds. The first kappa shape index (κ1) is 20.6. The van der Waals surface area contributed by atoms with Crippen LogP contribution in [-0.2, 0) is 21.4 Å². The Morgan fingerprint density at radius 3 is 2.46 bits per heavy atom. The quantitative estimate of drug-likeness (QED) is 0.738. The van der Waals surface area contributed by atoms with Crippen LogP contribution in [0.2, 0.25) is 5.02 Å². The van der Waals surface area contributed by atoms with E-state index in [4.69, 9.17) is 16.3 Å². The van der Waals surface area contributed by atoms with Gasteiger partial charge in [-0.25, -0.2) is 12.8 Å². The van der Waals surface area contributed by atoms with Gasteiger partial charge in [0.2, 0.25) is 10.0 Å². The van der Waals surface area contributed by atoms with Gasteiger partial charge in [0.25, 0.3) is 5.91 Å². The third-order valence-electron chi connectivity index (χ3n) is 4.38. The fraction of sp³-hybridized carbons (Fsp3) is 0.316. The number of nitrogens with zero attached hydrogens (tertiary/aromatic N) is 1. The van der Waals surface area contributed by atoms with Crippen molar-refractivity contribution in [3.05, 3.63) is 58.9 Å². The molecule has 28 heavy (non-hydrogen) atoms. The number of carbonyl (C=O) groups excluding carboxylic acids is 1. The van der Waals surface area contributed by atoms with Gasteiger partial charge < -0.3 is 10.1 Å². The lowest BCUT2D eigenvalue weighted by atomic mass is 10.2. The van der Waals surface area contributed by atoms with Crippen LogP contribution < -0.4 is 10.1 Å². The molecule has 1 N–H and O–H groups in total. The number of nitrogens with one attached hydrogen (secondary N) is 1. The summed E-state index contributed by atoms with van der Waals surface area (Å²) < 4.78 is 44.8. The molecule has 0 atom stereocenters. The minimum absolute atomic E-state index is 0.0816. The zero-order valence-electron chi connectivity index (χ0n) is 15.0. The number of hydrogen-bond donors (Lipinski definition) is 1. The van der Waals surface area contributed by atoms with Gasteiger partial charge >= 0.3 is 0 Å². The van der Waals surface area contributed by atoms with Crippen LogP contribution in [0.5, 0.6) is 5.75 Å². The lowest BCUT2D eigenvalue weighted by Crippen LogP contribution is -2.29. The highest BCUT2D eigenvalue weighted by molar-refractivity contribution is 7.89. The van der Waals surface area contributed by atoms with Crippen molar-refractivity contribution >= 4 is 27.5 Å². The summed E-state index contributed by atoms with van der Waals surface area (Å²) in [4.78, 5) is 12.1. The zero-order valence-corrected chi connectivity index (χ0v) is 16.6. The van der Waals surface area contributed by atoms with Crippen molar-refractivity contribution in [2.75, 3.05) is 19.7 Å². The predicted molar refractivity (Wildman–Crippen MR) is 103 cm³/mol. The average molecular weight is 427 g/mol.